The zero-order valence-corrected chi connectivity index (χ0v) is 11.5. The summed E-state index contributed by atoms with van der Waals surface area (Å²) in [4.78, 5) is 12.0. The van der Waals surface area contributed by atoms with Crippen LogP contribution in [0.2, 0.25) is 0 Å². The Morgan fingerprint density at radius 2 is 2.05 bits per heavy atom. The summed E-state index contributed by atoms with van der Waals surface area (Å²) in [5, 5.41) is 2.80. The third-order valence-electron chi connectivity index (χ3n) is 3.87. The van der Waals surface area contributed by atoms with Crippen molar-refractivity contribution in [1.82, 2.24) is 5.32 Å². The average Bonchev–Trinajstić information content (AvgIpc) is 2.80. The Hall–Kier alpha value is -1.49. The fourth-order valence-electron chi connectivity index (χ4n) is 2.75. The van der Waals surface area contributed by atoms with Gasteiger partial charge in [-0.2, -0.15) is 0 Å². The number of benzene rings is 1. The minimum absolute atomic E-state index is 0.0102. The predicted octanol–water partition coefficient (Wildman–Crippen LogP) is 2.14. The van der Waals surface area contributed by atoms with Crippen LogP contribution in [0.3, 0.4) is 0 Å². The van der Waals surface area contributed by atoms with Gasteiger partial charge < -0.3 is 11.1 Å². The second-order valence-electron chi connectivity index (χ2n) is 5.52. The van der Waals surface area contributed by atoms with Crippen molar-refractivity contribution in [2.75, 3.05) is 0 Å². The van der Waals surface area contributed by atoms with Crippen molar-refractivity contribution in [2.24, 2.45) is 11.7 Å². The molecule has 3 atom stereocenters. The Balaban J connectivity index is 1.95. The van der Waals surface area contributed by atoms with E-state index in [9.17, 15) is 13.6 Å². The molecule has 110 valence electrons. The maximum Gasteiger partial charge on any atom is 0.224 e. The highest BCUT2D eigenvalue weighted by atomic mass is 19.1. The summed E-state index contributed by atoms with van der Waals surface area (Å²) < 4.78 is 27.1. The molecule has 0 aliphatic heterocycles. The predicted molar refractivity (Wildman–Crippen MR) is 73.0 cm³/mol. The molecule has 0 spiro atoms. The van der Waals surface area contributed by atoms with Crippen molar-refractivity contribution >= 4 is 5.91 Å². The molecule has 0 heterocycles. The second-order valence-corrected chi connectivity index (χ2v) is 5.52. The van der Waals surface area contributed by atoms with Crippen LogP contribution in [0, 0.1) is 17.6 Å². The molecule has 1 saturated carbocycles. The molecule has 0 aromatic heterocycles. The van der Waals surface area contributed by atoms with E-state index in [0.717, 1.165) is 19.3 Å². The number of carbonyl (C=O) groups is 1. The lowest BCUT2D eigenvalue weighted by molar-refractivity contribution is -0.125. The summed E-state index contributed by atoms with van der Waals surface area (Å²) in [6.07, 6.45) is 2.73. The van der Waals surface area contributed by atoms with Gasteiger partial charge in [0.05, 0.1) is 5.92 Å². The largest absolute Gasteiger partial charge is 0.353 e. The quantitative estimate of drug-likeness (QED) is 0.889. The number of carbonyl (C=O) groups excluding carboxylic acids is 1. The van der Waals surface area contributed by atoms with Crippen molar-refractivity contribution in [3.05, 3.63) is 35.4 Å². The van der Waals surface area contributed by atoms with Gasteiger partial charge in [0.15, 0.2) is 0 Å². The van der Waals surface area contributed by atoms with E-state index in [4.69, 9.17) is 5.73 Å². The van der Waals surface area contributed by atoms with Crippen LogP contribution in [0.25, 0.3) is 0 Å². The zero-order chi connectivity index (χ0) is 14.7. The molecule has 3 N–H and O–H groups in total. The number of halogens is 2. The minimum Gasteiger partial charge on any atom is -0.353 e. The third-order valence-corrected chi connectivity index (χ3v) is 3.87. The normalized spacial score (nSPS) is 23.6. The molecule has 1 fully saturated rings. The van der Waals surface area contributed by atoms with Crippen molar-refractivity contribution < 1.29 is 13.6 Å². The molecular formula is C15H20F2N2O. The molecule has 1 aliphatic carbocycles. The molecule has 0 saturated heterocycles. The van der Waals surface area contributed by atoms with E-state index in [2.05, 4.69) is 5.32 Å². The van der Waals surface area contributed by atoms with E-state index in [1.807, 2.05) is 0 Å². The Morgan fingerprint density at radius 1 is 1.40 bits per heavy atom. The zero-order valence-electron chi connectivity index (χ0n) is 11.5. The van der Waals surface area contributed by atoms with E-state index in [0.29, 0.717) is 0 Å². The molecule has 5 heteroatoms. The van der Waals surface area contributed by atoms with Gasteiger partial charge in [-0.3, -0.25) is 4.79 Å². The Morgan fingerprint density at radius 3 is 2.60 bits per heavy atom. The maximum atomic E-state index is 13.5. The van der Waals surface area contributed by atoms with Crippen LogP contribution in [0.1, 0.15) is 31.7 Å². The van der Waals surface area contributed by atoms with Gasteiger partial charge in [0, 0.05) is 17.6 Å². The fraction of sp³-hybridized carbons (Fsp3) is 0.533. The van der Waals surface area contributed by atoms with Crippen LogP contribution in [0.4, 0.5) is 8.78 Å². The maximum absolute atomic E-state index is 13.5. The fourth-order valence-corrected chi connectivity index (χ4v) is 2.75. The Bertz CT molecular complexity index is 473. The van der Waals surface area contributed by atoms with Crippen LogP contribution >= 0.6 is 0 Å². The minimum atomic E-state index is -0.580. The van der Waals surface area contributed by atoms with Gasteiger partial charge in [-0.25, -0.2) is 8.78 Å². The first kappa shape index (κ1) is 14.9. The summed E-state index contributed by atoms with van der Waals surface area (Å²) in [6.45, 7) is 1.74. The molecule has 1 aromatic carbocycles. The molecular weight excluding hydrogens is 262 g/mol. The van der Waals surface area contributed by atoms with Crippen molar-refractivity contribution in [1.29, 1.82) is 0 Å². The summed E-state index contributed by atoms with van der Waals surface area (Å²) in [5.41, 5.74) is 5.89. The summed E-state index contributed by atoms with van der Waals surface area (Å²) in [7, 11) is 0. The smallest absolute Gasteiger partial charge is 0.224 e. The average molecular weight is 282 g/mol. The summed E-state index contributed by atoms with van der Waals surface area (Å²) >= 11 is 0. The highest BCUT2D eigenvalue weighted by molar-refractivity contribution is 5.80. The highest BCUT2D eigenvalue weighted by Crippen LogP contribution is 2.24. The van der Waals surface area contributed by atoms with Crippen LogP contribution in [0.5, 0.6) is 0 Å². The van der Waals surface area contributed by atoms with Gasteiger partial charge in [0.25, 0.3) is 0 Å². The lowest BCUT2D eigenvalue weighted by Crippen LogP contribution is -2.43. The van der Waals surface area contributed by atoms with E-state index >= 15 is 0 Å². The molecule has 3 unspecified atom stereocenters. The number of rotatable bonds is 4. The first-order valence-corrected chi connectivity index (χ1v) is 6.98. The lowest BCUT2D eigenvalue weighted by atomic mass is 10.0. The molecule has 20 heavy (non-hydrogen) atoms. The number of hydrogen-bond donors (Lipinski definition) is 2. The molecule has 2 rings (SSSR count). The first-order valence-electron chi connectivity index (χ1n) is 6.98. The van der Waals surface area contributed by atoms with Crippen molar-refractivity contribution in [3.8, 4) is 0 Å². The number of hydrogen-bond acceptors (Lipinski definition) is 2. The third kappa shape index (κ3) is 3.33. The van der Waals surface area contributed by atoms with Crippen LogP contribution < -0.4 is 11.1 Å². The Labute approximate surface area is 117 Å². The van der Waals surface area contributed by atoms with Gasteiger partial charge in [-0.05, 0) is 38.3 Å². The number of nitrogens with one attached hydrogen (secondary N) is 1. The molecule has 1 aromatic rings. The second kappa shape index (κ2) is 6.31. The van der Waals surface area contributed by atoms with E-state index < -0.39 is 11.6 Å². The molecule has 1 amide bonds. The monoisotopic (exact) mass is 282 g/mol. The van der Waals surface area contributed by atoms with E-state index in [1.54, 1.807) is 6.92 Å². The Kier molecular flexibility index (Phi) is 4.70. The highest BCUT2D eigenvalue weighted by Gasteiger charge is 2.30. The van der Waals surface area contributed by atoms with Gasteiger partial charge >= 0.3 is 0 Å². The van der Waals surface area contributed by atoms with Crippen molar-refractivity contribution in [2.45, 2.75) is 44.7 Å². The molecule has 0 radical (unpaired) electrons. The summed E-state index contributed by atoms with van der Waals surface area (Å²) in [5.74, 6) is -1.45. The first-order chi connectivity index (χ1) is 9.49. The van der Waals surface area contributed by atoms with E-state index in [1.165, 1.54) is 18.2 Å². The number of nitrogens with two attached hydrogens (primary N) is 1. The number of amides is 1. The molecule has 3 nitrogen and oxygen atoms in total. The van der Waals surface area contributed by atoms with Gasteiger partial charge in [-0.1, -0.05) is 12.5 Å². The van der Waals surface area contributed by atoms with Crippen LogP contribution in [-0.2, 0) is 11.2 Å². The standard InChI is InChI=1S/C15H20F2N2O/c1-9(8-11-12(16)5-3-6-13(11)17)19-15(20)10-4-2-7-14(10)18/h3,5-6,9-10,14H,2,4,7-8,18H2,1H3,(H,19,20). The van der Waals surface area contributed by atoms with Crippen LogP contribution in [0.15, 0.2) is 18.2 Å². The van der Waals surface area contributed by atoms with E-state index in [-0.39, 0.29) is 35.9 Å². The molecule has 1 aliphatic rings. The van der Waals surface area contributed by atoms with Gasteiger partial charge in [0.2, 0.25) is 5.91 Å². The van der Waals surface area contributed by atoms with Crippen molar-refractivity contribution in [3.63, 3.8) is 0 Å². The summed E-state index contributed by atoms with van der Waals surface area (Å²) in [6, 6.07) is 3.34. The SMILES string of the molecule is CC(Cc1c(F)cccc1F)NC(=O)C1CCCC1N. The lowest BCUT2D eigenvalue weighted by Gasteiger charge is -2.20. The van der Waals surface area contributed by atoms with Crippen LogP contribution in [-0.4, -0.2) is 18.0 Å². The molecule has 0 bridgehead atoms. The van der Waals surface area contributed by atoms with Gasteiger partial charge in [-0.15, -0.1) is 0 Å². The van der Waals surface area contributed by atoms with Gasteiger partial charge in [0.1, 0.15) is 11.6 Å². The topological polar surface area (TPSA) is 55.1 Å².